The van der Waals surface area contributed by atoms with Gasteiger partial charge >= 0.3 is 6.03 Å². The maximum Gasteiger partial charge on any atom is 0.319 e. The van der Waals surface area contributed by atoms with Crippen LogP contribution in [0.1, 0.15) is 0 Å². The van der Waals surface area contributed by atoms with Crippen LogP contribution in [-0.2, 0) is 0 Å². The zero-order chi connectivity index (χ0) is 10.1. The van der Waals surface area contributed by atoms with Gasteiger partial charge in [0.05, 0.1) is 0 Å². The van der Waals surface area contributed by atoms with Gasteiger partial charge in [0.2, 0.25) is 0 Å². The summed E-state index contributed by atoms with van der Waals surface area (Å²) in [6.45, 7) is 3.78. The fraction of sp³-hybridized carbons (Fsp3) is 0.875. The van der Waals surface area contributed by atoms with Crippen molar-refractivity contribution in [3.05, 3.63) is 0 Å². The molecule has 4 nitrogen and oxygen atoms in total. The number of carbonyl (C=O) groups is 1. The summed E-state index contributed by atoms with van der Waals surface area (Å²) >= 11 is 0. The minimum absolute atomic E-state index is 0.140. The van der Waals surface area contributed by atoms with Gasteiger partial charge in [-0.25, -0.2) is 4.79 Å². The Labute approximate surface area is 92.4 Å². The van der Waals surface area contributed by atoms with Crippen LogP contribution in [-0.4, -0.2) is 65.7 Å². The van der Waals surface area contributed by atoms with Crippen molar-refractivity contribution in [2.45, 2.75) is 4.71 Å². The molecule has 0 radical (unpaired) electrons. The minimum Gasteiger partial charge on any atom is -0.331 e. The van der Waals surface area contributed by atoms with E-state index in [4.69, 9.17) is 0 Å². The number of rotatable bonds is 1. The van der Waals surface area contributed by atoms with E-state index in [2.05, 4.69) is 4.90 Å². The van der Waals surface area contributed by atoms with E-state index >= 15 is 0 Å². The second-order valence-electron chi connectivity index (χ2n) is 3.70. The van der Waals surface area contributed by atoms with Crippen LogP contribution in [0.2, 0.25) is 0 Å². The number of amides is 2. The van der Waals surface area contributed by atoms with Gasteiger partial charge in [0.15, 0.2) is 0 Å². The SMILES string of the molecule is CN(C)C(=O)N1CCN(C2SS2)CC1. The largest absolute Gasteiger partial charge is 0.331 e. The number of nitrogens with zero attached hydrogens (tertiary/aromatic N) is 3. The lowest BCUT2D eigenvalue weighted by molar-refractivity contribution is 0.130. The molecule has 80 valence electrons. The first-order valence-electron chi connectivity index (χ1n) is 4.71. The molecule has 0 unspecified atom stereocenters. The van der Waals surface area contributed by atoms with E-state index in [0.29, 0.717) is 4.71 Å². The molecule has 2 fully saturated rings. The Kier molecular flexibility index (Phi) is 3.14. The lowest BCUT2D eigenvalue weighted by Crippen LogP contribution is -2.51. The van der Waals surface area contributed by atoms with Gasteiger partial charge in [0, 0.05) is 40.3 Å². The van der Waals surface area contributed by atoms with Gasteiger partial charge < -0.3 is 9.80 Å². The van der Waals surface area contributed by atoms with Crippen LogP contribution in [0.5, 0.6) is 0 Å². The van der Waals surface area contributed by atoms with Crippen LogP contribution in [0.4, 0.5) is 4.79 Å². The molecule has 14 heavy (non-hydrogen) atoms. The van der Waals surface area contributed by atoms with Crippen molar-refractivity contribution in [1.29, 1.82) is 0 Å². The Morgan fingerprint density at radius 3 is 2.21 bits per heavy atom. The summed E-state index contributed by atoms with van der Waals surface area (Å²) in [7, 11) is 7.45. The predicted molar refractivity (Wildman–Crippen MR) is 61.2 cm³/mol. The van der Waals surface area contributed by atoms with Crippen LogP contribution in [0.25, 0.3) is 0 Å². The highest BCUT2D eigenvalue weighted by Gasteiger charge is 2.34. The predicted octanol–water partition coefficient (Wildman–Crippen LogP) is 0.964. The fourth-order valence-electron chi connectivity index (χ4n) is 1.55. The average molecular weight is 233 g/mol. The van der Waals surface area contributed by atoms with Crippen LogP contribution in [0.15, 0.2) is 0 Å². The van der Waals surface area contributed by atoms with Gasteiger partial charge in [0.25, 0.3) is 0 Å². The molecule has 0 aromatic rings. The molecule has 6 heteroatoms. The molecule has 2 heterocycles. The molecule has 2 aliphatic rings. The molecule has 0 spiro atoms. The van der Waals surface area contributed by atoms with E-state index in [1.54, 1.807) is 19.0 Å². The number of hydrogen-bond donors (Lipinski definition) is 0. The minimum atomic E-state index is 0.140. The third kappa shape index (κ3) is 2.29. The molecule has 2 saturated heterocycles. The summed E-state index contributed by atoms with van der Waals surface area (Å²) in [4.78, 5) is 17.6. The first-order valence-corrected chi connectivity index (χ1v) is 6.98. The maximum atomic E-state index is 11.6. The summed E-state index contributed by atoms with van der Waals surface area (Å²) in [6, 6.07) is 0.140. The van der Waals surface area contributed by atoms with E-state index < -0.39 is 0 Å². The highest BCUT2D eigenvalue weighted by Crippen LogP contribution is 2.54. The number of urea groups is 1. The zero-order valence-corrected chi connectivity index (χ0v) is 10.1. The fourth-order valence-corrected chi connectivity index (χ4v) is 3.15. The molecule has 0 bridgehead atoms. The van der Waals surface area contributed by atoms with Gasteiger partial charge in [-0.1, -0.05) is 21.6 Å². The molecule has 0 aromatic carbocycles. The lowest BCUT2D eigenvalue weighted by atomic mass is 10.3. The third-order valence-electron chi connectivity index (χ3n) is 2.45. The number of hydrogen-bond acceptors (Lipinski definition) is 4. The standard InChI is InChI=1S/C8H15N3OS2/c1-9(2)7(12)10-3-5-11(6-4-10)8-13-14-8/h8H,3-6H2,1-2H3. The second kappa shape index (κ2) is 4.20. The Hall–Kier alpha value is -0.0700. The summed E-state index contributed by atoms with van der Waals surface area (Å²) in [6.07, 6.45) is 0. The molecular formula is C8H15N3OS2. The van der Waals surface area contributed by atoms with Crippen molar-refractivity contribution in [3.63, 3.8) is 0 Å². The summed E-state index contributed by atoms with van der Waals surface area (Å²) < 4.78 is 0.673. The third-order valence-corrected chi connectivity index (χ3v) is 4.50. The Bertz CT molecular complexity index is 225. The topological polar surface area (TPSA) is 26.8 Å². The normalized spacial score (nSPS) is 23.7. The van der Waals surface area contributed by atoms with E-state index in [1.807, 2.05) is 26.5 Å². The van der Waals surface area contributed by atoms with E-state index in [9.17, 15) is 4.79 Å². The van der Waals surface area contributed by atoms with Crippen molar-refractivity contribution in [1.82, 2.24) is 14.7 Å². The molecule has 2 aliphatic heterocycles. The zero-order valence-electron chi connectivity index (χ0n) is 8.47. The van der Waals surface area contributed by atoms with Crippen molar-refractivity contribution in [2.75, 3.05) is 40.3 Å². The van der Waals surface area contributed by atoms with Gasteiger partial charge in [-0.15, -0.1) is 0 Å². The van der Waals surface area contributed by atoms with Crippen LogP contribution >= 0.6 is 21.6 Å². The molecule has 0 saturated carbocycles. The van der Waals surface area contributed by atoms with E-state index in [0.717, 1.165) is 26.2 Å². The van der Waals surface area contributed by atoms with Gasteiger partial charge in [0.1, 0.15) is 4.71 Å². The smallest absolute Gasteiger partial charge is 0.319 e. The van der Waals surface area contributed by atoms with Crippen molar-refractivity contribution >= 4 is 27.6 Å². The Morgan fingerprint density at radius 1 is 1.21 bits per heavy atom. The van der Waals surface area contributed by atoms with Crippen molar-refractivity contribution < 1.29 is 4.79 Å². The molecule has 0 aliphatic carbocycles. The van der Waals surface area contributed by atoms with Crippen molar-refractivity contribution in [2.24, 2.45) is 0 Å². The first-order chi connectivity index (χ1) is 6.68. The van der Waals surface area contributed by atoms with E-state index in [-0.39, 0.29) is 6.03 Å². The quantitative estimate of drug-likeness (QED) is 0.498. The van der Waals surface area contributed by atoms with Crippen LogP contribution < -0.4 is 0 Å². The summed E-state index contributed by atoms with van der Waals surface area (Å²) in [5.74, 6) is 0. The molecular weight excluding hydrogens is 218 g/mol. The average Bonchev–Trinajstić information content (AvgIpc) is 3.00. The summed E-state index contributed by atoms with van der Waals surface area (Å²) in [5, 5.41) is 0. The number of carbonyl (C=O) groups excluding carboxylic acids is 1. The first kappa shape index (κ1) is 10.4. The van der Waals surface area contributed by atoms with Crippen LogP contribution in [0, 0.1) is 0 Å². The van der Waals surface area contributed by atoms with Gasteiger partial charge in [-0.3, -0.25) is 4.90 Å². The Balaban J connectivity index is 1.80. The van der Waals surface area contributed by atoms with Gasteiger partial charge in [-0.2, -0.15) is 0 Å². The molecule has 0 N–H and O–H groups in total. The molecule has 2 rings (SSSR count). The highest BCUT2D eigenvalue weighted by molar-refractivity contribution is 8.92. The highest BCUT2D eigenvalue weighted by atomic mass is 33.2. The second-order valence-corrected chi connectivity index (χ2v) is 6.43. The molecule has 2 amide bonds. The monoisotopic (exact) mass is 233 g/mol. The van der Waals surface area contributed by atoms with Crippen LogP contribution in [0.3, 0.4) is 0 Å². The van der Waals surface area contributed by atoms with Gasteiger partial charge in [-0.05, 0) is 0 Å². The molecule has 0 atom stereocenters. The maximum absolute atomic E-state index is 11.6. The summed E-state index contributed by atoms with van der Waals surface area (Å²) in [5.41, 5.74) is 0. The number of piperazine rings is 1. The molecule has 0 aromatic heterocycles. The lowest BCUT2D eigenvalue weighted by Gasteiger charge is -2.35. The van der Waals surface area contributed by atoms with E-state index in [1.165, 1.54) is 0 Å². The van der Waals surface area contributed by atoms with Crippen molar-refractivity contribution in [3.8, 4) is 0 Å². The Morgan fingerprint density at radius 2 is 1.79 bits per heavy atom.